The molecule has 1 amide bonds. The van der Waals surface area contributed by atoms with E-state index in [1.54, 1.807) is 0 Å². The van der Waals surface area contributed by atoms with Crippen LogP contribution in [-0.2, 0) is 4.79 Å². The standard InChI is InChI=1S/C19H22N4O3/c1-13-7-8-17(21-20-13)22-9-11-23(12-10-22)19(24)18-14(2)25-15-5-3-4-6-16(15)26-18/h3-8,14,18H,9-12H2,1-2H3. The van der Waals surface area contributed by atoms with E-state index in [0.29, 0.717) is 24.6 Å². The van der Waals surface area contributed by atoms with E-state index in [0.717, 1.165) is 24.6 Å². The number of amides is 1. The molecule has 7 heteroatoms. The van der Waals surface area contributed by atoms with Crippen LogP contribution < -0.4 is 14.4 Å². The van der Waals surface area contributed by atoms with Gasteiger partial charge in [-0.05, 0) is 38.1 Å². The molecule has 0 bridgehead atoms. The lowest BCUT2D eigenvalue weighted by Gasteiger charge is -2.39. The highest BCUT2D eigenvalue weighted by Gasteiger charge is 2.37. The third-order valence-corrected chi connectivity index (χ3v) is 4.78. The maximum absolute atomic E-state index is 12.9. The van der Waals surface area contributed by atoms with Gasteiger partial charge in [-0.2, -0.15) is 5.10 Å². The van der Waals surface area contributed by atoms with Crippen molar-refractivity contribution in [2.75, 3.05) is 31.1 Å². The molecular weight excluding hydrogens is 332 g/mol. The number of fused-ring (bicyclic) bond motifs is 1. The molecule has 0 saturated carbocycles. The summed E-state index contributed by atoms with van der Waals surface area (Å²) in [6.07, 6.45) is -0.936. The fourth-order valence-corrected chi connectivity index (χ4v) is 3.29. The van der Waals surface area contributed by atoms with Crippen LogP contribution in [0, 0.1) is 6.92 Å². The number of ether oxygens (including phenoxy) is 2. The largest absolute Gasteiger partial charge is 0.482 e. The summed E-state index contributed by atoms with van der Waals surface area (Å²) in [6, 6.07) is 11.4. The van der Waals surface area contributed by atoms with Crippen molar-refractivity contribution in [1.82, 2.24) is 15.1 Å². The average Bonchev–Trinajstić information content (AvgIpc) is 2.68. The van der Waals surface area contributed by atoms with Gasteiger partial charge in [0.25, 0.3) is 5.91 Å². The summed E-state index contributed by atoms with van der Waals surface area (Å²) in [5.74, 6) is 2.13. The SMILES string of the molecule is Cc1ccc(N2CCN(C(=O)C3Oc4ccccc4OC3C)CC2)nn1. The first-order valence-electron chi connectivity index (χ1n) is 8.88. The number of carbonyl (C=O) groups is 1. The normalized spacial score (nSPS) is 22.2. The van der Waals surface area contributed by atoms with Crippen LogP contribution in [0.2, 0.25) is 0 Å². The molecule has 136 valence electrons. The maximum Gasteiger partial charge on any atom is 0.267 e. The Kier molecular flexibility index (Phi) is 4.36. The minimum Gasteiger partial charge on any atom is -0.482 e. The van der Waals surface area contributed by atoms with Crippen LogP contribution in [-0.4, -0.2) is 59.4 Å². The van der Waals surface area contributed by atoms with Gasteiger partial charge in [-0.3, -0.25) is 4.79 Å². The van der Waals surface area contributed by atoms with Gasteiger partial charge in [0.2, 0.25) is 6.10 Å². The molecule has 1 aromatic carbocycles. The Balaban J connectivity index is 1.40. The lowest BCUT2D eigenvalue weighted by atomic mass is 10.1. The molecule has 3 heterocycles. The van der Waals surface area contributed by atoms with Gasteiger partial charge in [-0.15, -0.1) is 5.10 Å². The van der Waals surface area contributed by atoms with E-state index in [1.807, 2.05) is 55.1 Å². The summed E-state index contributed by atoms with van der Waals surface area (Å²) < 4.78 is 11.8. The van der Waals surface area contributed by atoms with Crippen molar-refractivity contribution in [1.29, 1.82) is 0 Å². The third kappa shape index (κ3) is 3.16. The predicted molar refractivity (Wildman–Crippen MR) is 96.5 cm³/mol. The second-order valence-electron chi connectivity index (χ2n) is 6.65. The summed E-state index contributed by atoms with van der Waals surface area (Å²) in [5, 5.41) is 8.33. The van der Waals surface area contributed by atoms with E-state index in [4.69, 9.17) is 9.47 Å². The number of nitrogens with zero attached hydrogens (tertiary/aromatic N) is 4. The number of benzene rings is 1. The van der Waals surface area contributed by atoms with Gasteiger partial charge in [0, 0.05) is 26.2 Å². The van der Waals surface area contributed by atoms with Crippen molar-refractivity contribution >= 4 is 11.7 Å². The molecular formula is C19H22N4O3. The van der Waals surface area contributed by atoms with E-state index in [-0.39, 0.29) is 12.0 Å². The van der Waals surface area contributed by atoms with Gasteiger partial charge >= 0.3 is 0 Å². The Morgan fingerprint density at radius 1 is 1.00 bits per heavy atom. The zero-order valence-electron chi connectivity index (χ0n) is 15.0. The summed E-state index contributed by atoms with van der Waals surface area (Å²) in [5.41, 5.74) is 0.895. The van der Waals surface area contributed by atoms with Gasteiger partial charge in [-0.25, -0.2) is 0 Å². The molecule has 1 fully saturated rings. The van der Waals surface area contributed by atoms with Crippen LogP contribution >= 0.6 is 0 Å². The minimum absolute atomic E-state index is 0.0263. The Bertz CT molecular complexity index is 788. The number of hydrogen-bond acceptors (Lipinski definition) is 6. The number of anilines is 1. The molecule has 0 N–H and O–H groups in total. The molecule has 4 rings (SSSR count). The highest BCUT2D eigenvalue weighted by atomic mass is 16.6. The molecule has 0 aliphatic carbocycles. The van der Waals surface area contributed by atoms with E-state index in [2.05, 4.69) is 15.1 Å². The molecule has 2 unspecified atom stereocenters. The highest BCUT2D eigenvalue weighted by Crippen LogP contribution is 2.34. The second kappa shape index (κ2) is 6.82. The van der Waals surface area contributed by atoms with Crippen molar-refractivity contribution in [3.63, 3.8) is 0 Å². The van der Waals surface area contributed by atoms with Gasteiger partial charge in [0.15, 0.2) is 17.3 Å². The Morgan fingerprint density at radius 2 is 1.69 bits per heavy atom. The number of piperazine rings is 1. The third-order valence-electron chi connectivity index (χ3n) is 4.78. The van der Waals surface area contributed by atoms with Crippen LogP contribution in [0.3, 0.4) is 0 Å². The number of para-hydroxylation sites is 2. The van der Waals surface area contributed by atoms with Gasteiger partial charge < -0.3 is 19.3 Å². The Hall–Kier alpha value is -2.83. The Morgan fingerprint density at radius 3 is 2.35 bits per heavy atom. The molecule has 2 atom stereocenters. The van der Waals surface area contributed by atoms with E-state index < -0.39 is 6.10 Å². The molecule has 2 aromatic rings. The number of rotatable bonds is 2. The Labute approximate surface area is 152 Å². The monoisotopic (exact) mass is 354 g/mol. The number of carbonyl (C=O) groups excluding carboxylic acids is 1. The number of aromatic nitrogens is 2. The number of hydrogen-bond donors (Lipinski definition) is 0. The zero-order valence-corrected chi connectivity index (χ0v) is 15.0. The summed E-state index contributed by atoms with van der Waals surface area (Å²) in [6.45, 7) is 6.49. The van der Waals surface area contributed by atoms with Crippen LogP contribution in [0.15, 0.2) is 36.4 Å². The molecule has 1 saturated heterocycles. The predicted octanol–water partition coefficient (Wildman–Crippen LogP) is 1.66. The molecule has 1 aromatic heterocycles. The average molecular weight is 354 g/mol. The fourth-order valence-electron chi connectivity index (χ4n) is 3.29. The number of aryl methyl sites for hydroxylation is 1. The first-order chi connectivity index (χ1) is 12.6. The first kappa shape index (κ1) is 16.6. The lowest BCUT2D eigenvalue weighted by molar-refractivity contribution is -0.144. The topological polar surface area (TPSA) is 67.8 Å². The summed E-state index contributed by atoms with van der Waals surface area (Å²) in [7, 11) is 0. The maximum atomic E-state index is 12.9. The van der Waals surface area contributed by atoms with Crippen LogP contribution in [0.4, 0.5) is 5.82 Å². The fraction of sp³-hybridized carbons (Fsp3) is 0.421. The molecule has 0 spiro atoms. The van der Waals surface area contributed by atoms with Crippen molar-refractivity contribution in [3.05, 3.63) is 42.1 Å². The smallest absolute Gasteiger partial charge is 0.267 e. The quantitative estimate of drug-likeness (QED) is 0.817. The van der Waals surface area contributed by atoms with E-state index in [1.165, 1.54) is 0 Å². The van der Waals surface area contributed by atoms with Gasteiger partial charge in [0.05, 0.1) is 5.69 Å². The van der Waals surface area contributed by atoms with Crippen molar-refractivity contribution in [2.24, 2.45) is 0 Å². The molecule has 2 aliphatic rings. The second-order valence-corrected chi connectivity index (χ2v) is 6.65. The molecule has 2 aliphatic heterocycles. The van der Waals surface area contributed by atoms with E-state index in [9.17, 15) is 4.79 Å². The molecule has 0 radical (unpaired) electrons. The molecule has 26 heavy (non-hydrogen) atoms. The van der Waals surface area contributed by atoms with Crippen LogP contribution in [0.1, 0.15) is 12.6 Å². The first-order valence-corrected chi connectivity index (χ1v) is 8.88. The minimum atomic E-state index is -0.615. The van der Waals surface area contributed by atoms with Crippen molar-refractivity contribution in [3.8, 4) is 11.5 Å². The van der Waals surface area contributed by atoms with Crippen LogP contribution in [0.5, 0.6) is 11.5 Å². The van der Waals surface area contributed by atoms with Gasteiger partial charge in [-0.1, -0.05) is 12.1 Å². The van der Waals surface area contributed by atoms with E-state index >= 15 is 0 Å². The summed E-state index contributed by atoms with van der Waals surface area (Å²) in [4.78, 5) is 16.9. The lowest BCUT2D eigenvalue weighted by Crippen LogP contribution is -2.56. The van der Waals surface area contributed by atoms with Crippen molar-refractivity contribution < 1.29 is 14.3 Å². The zero-order chi connectivity index (χ0) is 18.1. The van der Waals surface area contributed by atoms with Gasteiger partial charge in [0.1, 0.15) is 6.10 Å². The summed E-state index contributed by atoms with van der Waals surface area (Å²) >= 11 is 0. The highest BCUT2D eigenvalue weighted by molar-refractivity contribution is 5.82. The van der Waals surface area contributed by atoms with Crippen LogP contribution in [0.25, 0.3) is 0 Å². The van der Waals surface area contributed by atoms with Crippen molar-refractivity contribution in [2.45, 2.75) is 26.1 Å². The molecule has 7 nitrogen and oxygen atoms in total.